The van der Waals surface area contributed by atoms with Crippen LogP contribution in [0.5, 0.6) is 0 Å². The van der Waals surface area contributed by atoms with Gasteiger partial charge in [-0.05, 0) is 62.8 Å². The van der Waals surface area contributed by atoms with Gasteiger partial charge in [0, 0.05) is 0 Å². The number of carbonyl (C=O) groups excluding carboxylic acids is 2. The molecular formula is C18H23N3O5S. The summed E-state index contributed by atoms with van der Waals surface area (Å²) in [4.78, 5) is 23.6. The summed E-state index contributed by atoms with van der Waals surface area (Å²) in [5, 5.41) is 11.7. The molecule has 9 heteroatoms. The van der Waals surface area contributed by atoms with Crippen molar-refractivity contribution in [1.82, 2.24) is 10.0 Å². The number of aryl methyl sites for hydroxylation is 2. The Hall–Kier alpha value is -2.44. The molecular weight excluding hydrogens is 370 g/mol. The molecule has 2 rings (SSSR count). The maximum absolute atomic E-state index is 12.2. The van der Waals surface area contributed by atoms with Gasteiger partial charge >= 0.3 is 5.97 Å². The standard InChI is InChI=1S/C18H23N3O5S/c1-12-4-7-15(8-13(12)2)27(24,25)20-9-17(23)26-10-16(22)21-18(3,11-19)14-5-6-14/h4,7-8,14,20H,5-6,9-10H2,1-3H3,(H,21,22)/t18-/m1/s1. The van der Waals surface area contributed by atoms with E-state index in [2.05, 4.69) is 16.1 Å². The summed E-state index contributed by atoms with van der Waals surface area (Å²) in [5.74, 6) is -1.38. The first-order valence-corrected chi connectivity index (χ1v) is 10.0. The zero-order valence-corrected chi connectivity index (χ0v) is 16.4. The number of nitrogens with zero attached hydrogens (tertiary/aromatic N) is 1. The second-order valence-electron chi connectivity index (χ2n) is 6.87. The van der Waals surface area contributed by atoms with E-state index in [0.717, 1.165) is 24.0 Å². The van der Waals surface area contributed by atoms with Gasteiger partial charge in [-0.15, -0.1) is 0 Å². The number of benzene rings is 1. The second kappa shape index (κ2) is 8.06. The summed E-state index contributed by atoms with van der Waals surface area (Å²) in [5.41, 5.74) is 0.789. The number of hydrogen-bond acceptors (Lipinski definition) is 6. The van der Waals surface area contributed by atoms with Crippen LogP contribution in [0.2, 0.25) is 0 Å². The molecule has 1 saturated carbocycles. The third-order valence-electron chi connectivity index (χ3n) is 4.58. The molecule has 1 aromatic rings. The van der Waals surface area contributed by atoms with Gasteiger partial charge in [-0.25, -0.2) is 8.42 Å². The first-order chi connectivity index (χ1) is 12.6. The van der Waals surface area contributed by atoms with Crippen LogP contribution in [-0.4, -0.2) is 39.0 Å². The lowest BCUT2D eigenvalue weighted by molar-refractivity contribution is -0.147. The fourth-order valence-corrected chi connectivity index (χ4v) is 3.58. The zero-order valence-electron chi connectivity index (χ0n) is 15.5. The molecule has 0 saturated heterocycles. The Kier molecular flexibility index (Phi) is 6.23. The van der Waals surface area contributed by atoms with E-state index in [1.54, 1.807) is 19.9 Å². The number of carbonyl (C=O) groups is 2. The first kappa shape index (κ1) is 20.9. The molecule has 1 amide bonds. The minimum absolute atomic E-state index is 0.0466. The molecule has 2 N–H and O–H groups in total. The van der Waals surface area contributed by atoms with Gasteiger partial charge in [-0.2, -0.15) is 9.98 Å². The number of ether oxygens (including phenoxy) is 1. The van der Waals surface area contributed by atoms with Gasteiger partial charge in [0.05, 0.1) is 11.0 Å². The van der Waals surface area contributed by atoms with Crippen molar-refractivity contribution in [3.8, 4) is 6.07 Å². The molecule has 0 bridgehead atoms. The van der Waals surface area contributed by atoms with E-state index in [1.165, 1.54) is 12.1 Å². The average Bonchev–Trinajstić information content (AvgIpc) is 3.46. The lowest BCUT2D eigenvalue weighted by atomic mass is 9.98. The molecule has 0 radical (unpaired) electrons. The predicted octanol–water partition coefficient (Wildman–Crippen LogP) is 0.933. The topological polar surface area (TPSA) is 125 Å². The fraction of sp³-hybridized carbons (Fsp3) is 0.500. The lowest BCUT2D eigenvalue weighted by Gasteiger charge is -2.22. The molecule has 1 aromatic carbocycles. The monoisotopic (exact) mass is 393 g/mol. The maximum Gasteiger partial charge on any atom is 0.321 e. The van der Waals surface area contributed by atoms with Crippen molar-refractivity contribution in [2.24, 2.45) is 5.92 Å². The molecule has 27 heavy (non-hydrogen) atoms. The van der Waals surface area contributed by atoms with E-state index in [1.807, 2.05) is 6.92 Å². The van der Waals surface area contributed by atoms with E-state index in [-0.39, 0.29) is 10.8 Å². The van der Waals surface area contributed by atoms with Gasteiger partial charge < -0.3 is 10.1 Å². The Morgan fingerprint density at radius 3 is 2.52 bits per heavy atom. The Labute approximate surface area is 158 Å². The number of nitriles is 1. The van der Waals surface area contributed by atoms with Crippen LogP contribution in [0.15, 0.2) is 23.1 Å². The highest BCUT2D eigenvalue weighted by molar-refractivity contribution is 7.89. The average molecular weight is 393 g/mol. The highest BCUT2D eigenvalue weighted by Gasteiger charge is 2.43. The Morgan fingerprint density at radius 2 is 1.96 bits per heavy atom. The van der Waals surface area contributed by atoms with Gasteiger partial charge in [0.2, 0.25) is 10.0 Å². The Bertz CT molecular complexity index is 887. The van der Waals surface area contributed by atoms with E-state index in [9.17, 15) is 23.3 Å². The van der Waals surface area contributed by atoms with E-state index in [0.29, 0.717) is 0 Å². The zero-order chi connectivity index (χ0) is 20.2. The van der Waals surface area contributed by atoms with Crippen molar-refractivity contribution in [2.45, 2.75) is 44.0 Å². The SMILES string of the molecule is Cc1ccc(S(=O)(=O)NCC(=O)OCC(=O)N[C@](C)(C#N)C2CC2)cc1C. The van der Waals surface area contributed by atoms with Crippen LogP contribution >= 0.6 is 0 Å². The molecule has 1 atom stereocenters. The molecule has 0 aliphatic heterocycles. The Balaban J connectivity index is 1.82. The highest BCUT2D eigenvalue weighted by Crippen LogP contribution is 2.39. The predicted molar refractivity (Wildman–Crippen MR) is 96.9 cm³/mol. The second-order valence-corrected chi connectivity index (χ2v) is 8.63. The summed E-state index contributed by atoms with van der Waals surface area (Å²) in [7, 11) is -3.86. The molecule has 146 valence electrons. The molecule has 1 aliphatic carbocycles. The van der Waals surface area contributed by atoms with Crippen LogP contribution in [0, 0.1) is 31.1 Å². The third-order valence-corrected chi connectivity index (χ3v) is 5.98. The molecule has 1 fully saturated rings. The summed E-state index contributed by atoms with van der Waals surface area (Å²) in [6.45, 7) is 4.11. The number of amides is 1. The van der Waals surface area contributed by atoms with Gasteiger partial charge in [0.15, 0.2) is 6.61 Å². The van der Waals surface area contributed by atoms with Crippen LogP contribution < -0.4 is 10.0 Å². The first-order valence-electron chi connectivity index (χ1n) is 8.52. The van der Waals surface area contributed by atoms with E-state index >= 15 is 0 Å². The van der Waals surface area contributed by atoms with Crippen molar-refractivity contribution < 1.29 is 22.7 Å². The van der Waals surface area contributed by atoms with E-state index in [4.69, 9.17) is 4.74 Å². The van der Waals surface area contributed by atoms with Crippen LogP contribution in [0.1, 0.15) is 30.9 Å². The van der Waals surface area contributed by atoms with Gasteiger partial charge in [-0.3, -0.25) is 9.59 Å². The normalized spacial score (nSPS) is 16.1. The van der Waals surface area contributed by atoms with Crippen molar-refractivity contribution in [1.29, 1.82) is 5.26 Å². The van der Waals surface area contributed by atoms with Crippen LogP contribution in [0.3, 0.4) is 0 Å². The Morgan fingerprint density at radius 1 is 1.30 bits per heavy atom. The van der Waals surface area contributed by atoms with Crippen molar-refractivity contribution in [2.75, 3.05) is 13.2 Å². The molecule has 8 nitrogen and oxygen atoms in total. The molecule has 1 aliphatic rings. The number of rotatable bonds is 8. The highest BCUT2D eigenvalue weighted by atomic mass is 32.2. The van der Waals surface area contributed by atoms with Gasteiger partial charge in [0.1, 0.15) is 12.1 Å². The number of sulfonamides is 1. The smallest absolute Gasteiger partial charge is 0.321 e. The van der Waals surface area contributed by atoms with Crippen molar-refractivity contribution in [3.05, 3.63) is 29.3 Å². The minimum atomic E-state index is -3.86. The largest absolute Gasteiger partial charge is 0.455 e. The number of hydrogen-bond donors (Lipinski definition) is 2. The quantitative estimate of drug-likeness (QED) is 0.633. The molecule has 0 aromatic heterocycles. The minimum Gasteiger partial charge on any atom is -0.455 e. The summed E-state index contributed by atoms with van der Waals surface area (Å²) >= 11 is 0. The number of nitrogens with one attached hydrogen (secondary N) is 2. The summed E-state index contributed by atoms with van der Waals surface area (Å²) in [6.07, 6.45) is 1.73. The summed E-state index contributed by atoms with van der Waals surface area (Å²) < 4.78 is 31.4. The van der Waals surface area contributed by atoms with Crippen molar-refractivity contribution >= 4 is 21.9 Å². The van der Waals surface area contributed by atoms with Crippen LogP contribution in [0.4, 0.5) is 0 Å². The van der Waals surface area contributed by atoms with Gasteiger partial charge in [-0.1, -0.05) is 6.07 Å². The lowest BCUT2D eigenvalue weighted by Crippen LogP contribution is -2.48. The molecule has 0 unspecified atom stereocenters. The van der Waals surface area contributed by atoms with Crippen LogP contribution in [-0.2, 0) is 24.3 Å². The third kappa shape index (κ3) is 5.52. The molecule has 0 heterocycles. The fourth-order valence-electron chi connectivity index (χ4n) is 2.52. The maximum atomic E-state index is 12.2. The molecule has 0 spiro atoms. The summed E-state index contributed by atoms with van der Waals surface area (Å²) in [6, 6.07) is 6.71. The van der Waals surface area contributed by atoms with Crippen LogP contribution in [0.25, 0.3) is 0 Å². The number of esters is 1. The van der Waals surface area contributed by atoms with E-state index < -0.39 is 40.6 Å². The van der Waals surface area contributed by atoms with Gasteiger partial charge in [0.25, 0.3) is 5.91 Å². The van der Waals surface area contributed by atoms with Crippen molar-refractivity contribution in [3.63, 3.8) is 0 Å².